The number of rotatable bonds is 8. The van der Waals surface area contributed by atoms with Gasteiger partial charge < -0.3 is 29.4 Å². The lowest BCUT2D eigenvalue weighted by molar-refractivity contribution is -0.137. The van der Waals surface area contributed by atoms with Gasteiger partial charge in [0.1, 0.15) is 16.4 Å². The molecule has 4 atom stereocenters. The molecule has 1 aromatic heterocycles. The van der Waals surface area contributed by atoms with Crippen LogP contribution in [0.25, 0.3) is 0 Å². The number of carbonyl (C=O) groups is 2. The molecule has 1 fully saturated rings. The largest absolute Gasteiger partial charge is 0.497 e. The van der Waals surface area contributed by atoms with Gasteiger partial charge in [0, 0.05) is 19.8 Å². The van der Waals surface area contributed by atoms with Crippen LogP contribution in [0.1, 0.15) is 48.0 Å². The molecule has 4 unspecified atom stereocenters. The highest BCUT2D eigenvalue weighted by atomic mass is 32.1. The van der Waals surface area contributed by atoms with E-state index in [-0.39, 0.29) is 36.0 Å². The fourth-order valence-corrected chi connectivity index (χ4v) is 6.02. The molecule has 0 radical (unpaired) electrons. The number of thiazole rings is 1. The van der Waals surface area contributed by atoms with Crippen molar-refractivity contribution in [3.8, 4) is 5.75 Å². The van der Waals surface area contributed by atoms with Crippen LogP contribution in [0.3, 0.4) is 0 Å². The Morgan fingerprint density at radius 1 is 1.18 bits per heavy atom. The summed E-state index contributed by atoms with van der Waals surface area (Å²) in [6, 6.07) is 7.33. The number of nitrogens with zero attached hydrogens (tertiary/aromatic N) is 1. The van der Waals surface area contributed by atoms with Crippen LogP contribution in [-0.2, 0) is 20.8 Å². The number of benzene rings is 1. The maximum absolute atomic E-state index is 13.0. The Morgan fingerprint density at radius 3 is 2.48 bits per heavy atom. The number of methoxy groups -OCH3 is 1. The summed E-state index contributed by atoms with van der Waals surface area (Å²) in [5, 5.41) is 5.88. The Bertz CT molecular complexity index is 1070. The highest BCUT2D eigenvalue weighted by molar-refractivity contribution is 7.73. The van der Waals surface area contributed by atoms with Gasteiger partial charge in [-0.3, -0.25) is 9.59 Å². The molecule has 1 aromatic carbocycles. The minimum Gasteiger partial charge on any atom is -0.497 e. The first-order valence-corrected chi connectivity index (χ1v) is 12.4. The summed E-state index contributed by atoms with van der Waals surface area (Å²) >= 11 is 6.86. The number of fused-ring (bicyclic) bond motifs is 3. The Hall–Kier alpha value is -2.27. The lowest BCUT2D eigenvalue weighted by Gasteiger charge is -2.43. The summed E-state index contributed by atoms with van der Waals surface area (Å²) in [6.07, 6.45) is 0.916. The molecule has 0 spiro atoms. The van der Waals surface area contributed by atoms with Crippen LogP contribution >= 0.6 is 23.6 Å². The molecule has 2 heterocycles. The van der Waals surface area contributed by atoms with Gasteiger partial charge in [-0.25, -0.2) is 0 Å². The van der Waals surface area contributed by atoms with Crippen LogP contribution in [0, 0.1) is 9.87 Å². The number of anilines is 1. The summed E-state index contributed by atoms with van der Waals surface area (Å²) in [6.45, 7) is 5.39. The zero-order chi connectivity index (χ0) is 23.5. The maximum Gasteiger partial charge on any atom is 0.265 e. The predicted octanol–water partition coefficient (Wildman–Crippen LogP) is 3.93. The SMILES string of the molecule is CCOC1CC2C(=O)Nc3c(C(=O)NCc4ccc(OC)cc4)sc(=S)n3C2CC1OCC. The first-order valence-electron chi connectivity index (χ1n) is 11.2. The fourth-order valence-electron chi connectivity index (χ4n) is 4.63. The number of carbonyl (C=O) groups excluding carboxylic acids is 2. The molecule has 2 N–H and O–H groups in total. The number of ether oxygens (including phenoxy) is 3. The van der Waals surface area contributed by atoms with E-state index in [0.29, 0.717) is 47.2 Å². The maximum atomic E-state index is 13.0. The van der Waals surface area contributed by atoms with Crippen molar-refractivity contribution in [3.05, 3.63) is 38.7 Å². The molecule has 2 aliphatic rings. The molecular weight excluding hydrogens is 462 g/mol. The second-order valence-corrected chi connectivity index (χ2v) is 9.71. The van der Waals surface area contributed by atoms with E-state index >= 15 is 0 Å². The summed E-state index contributed by atoms with van der Waals surface area (Å²) in [5.74, 6) is 0.595. The Morgan fingerprint density at radius 2 is 1.85 bits per heavy atom. The number of hydrogen-bond acceptors (Lipinski definition) is 7. The van der Waals surface area contributed by atoms with Crippen LogP contribution in [0.15, 0.2) is 24.3 Å². The van der Waals surface area contributed by atoms with E-state index in [0.717, 1.165) is 11.3 Å². The van der Waals surface area contributed by atoms with E-state index in [1.54, 1.807) is 7.11 Å². The van der Waals surface area contributed by atoms with Crippen LogP contribution < -0.4 is 15.4 Å². The Kier molecular flexibility index (Phi) is 7.48. The van der Waals surface area contributed by atoms with Gasteiger partial charge in [-0.1, -0.05) is 23.5 Å². The van der Waals surface area contributed by atoms with Gasteiger partial charge in [0.05, 0.1) is 31.3 Å². The summed E-state index contributed by atoms with van der Waals surface area (Å²) in [7, 11) is 1.61. The summed E-state index contributed by atoms with van der Waals surface area (Å²) in [5.41, 5.74) is 0.943. The van der Waals surface area contributed by atoms with Crippen LogP contribution in [0.2, 0.25) is 0 Å². The van der Waals surface area contributed by atoms with Gasteiger partial charge >= 0.3 is 0 Å². The minimum absolute atomic E-state index is 0.100. The zero-order valence-corrected chi connectivity index (χ0v) is 20.6. The molecule has 4 rings (SSSR count). The normalized spacial score (nSPS) is 23.9. The Balaban J connectivity index is 1.55. The van der Waals surface area contributed by atoms with E-state index in [1.165, 1.54) is 11.3 Å². The van der Waals surface area contributed by atoms with Gasteiger partial charge in [-0.15, -0.1) is 0 Å². The monoisotopic (exact) mass is 491 g/mol. The minimum atomic E-state index is -0.276. The summed E-state index contributed by atoms with van der Waals surface area (Å²) < 4.78 is 19.5. The smallest absolute Gasteiger partial charge is 0.265 e. The lowest BCUT2D eigenvalue weighted by atomic mass is 9.79. The van der Waals surface area contributed by atoms with Gasteiger partial charge in [-0.2, -0.15) is 0 Å². The van der Waals surface area contributed by atoms with E-state index in [2.05, 4.69) is 10.6 Å². The quantitative estimate of drug-likeness (QED) is 0.544. The molecule has 10 heteroatoms. The van der Waals surface area contributed by atoms with Crippen LogP contribution in [0.5, 0.6) is 5.75 Å². The van der Waals surface area contributed by atoms with Crippen molar-refractivity contribution in [2.24, 2.45) is 5.92 Å². The van der Waals surface area contributed by atoms with Crippen LogP contribution in [0.4, 0.5) is 5.82 Å². The number of aromatic nitrogens is 1. The van der Waals surface area contributed by atoms with Gasteiger partial charge in [0.2, 0.25) is 5.91 Å². The molecule has 0 bridgehead atoms. The van der Waals surface area contributed by atoms with Crippen molar-refractivity contribution in [3.63, 3.8) is 0 Å². The second-order valence-electron chi connectivity index (χ2n) is 8.07. The van der Waals surface area contributed by atoms with Gasteiger partial charge in [-0.05, 0) is 56.6 Å². The van der Waals surface area contributed by atoms with Gasteiger partial charge in [0.15, 0.2) is 3.95 Å². The van der Waals surface area contributed by atoms with Crippen molar-refractivity contribution in [1.29, 1.82) is 0 Å². The average Bonchev–Trinajstić information content (AvgIpc) is 3.15. The molecule has 2 amide bonds. The third-order valence-corrected chi connectivity index (χ3v) is 7.57. The second kappa shape index (κ2) is 10.3. The number of nitrogens with one attached hydrogen (secondary N) is 2. The van der Waals surface area contributed by atoms with Crippen molar-refractivity contribution in [2.75, 3.05) is 25.6 Å². The van der Waals surface area contributed by atoms with Gasteiger partial charge in [0.25, 0.3) is 5.91 Å². The molecule has 1 saturated carbocycles. The molecule has 33 heavy (non-hydrogen) atoms. The van der Waals surface area contributed by atoms with Crippen molar-refractivity contribution >= 4 is 41.2 Å². The topological polar surface area (TPSA) is 90.8 Å². The van der Waals surface area contributed by atoms with E-state index in [1.807, 2.05) is 42.7 Å². The first-order chi connectivity index (χ1) is 16.0. The third-order valence-electron chi connectivity index (χ3n) is 6.17. The number of hydrogen-bond donors (Lipinski definition) is 2. The lowest BCUT2D eigenvalue weighted by Crippen LogP contribution is -2.49. The van der Waals surface area contributed by atoms with Crippen LogP contribution in [-0.4, -0.2) is 48.9 Å². The third kappa shape index (κ3) is 4.84. The molecule has 1 aliphatic heterocycles. The molecule has 0 saturated heterocycles. The first kappa shape index (κ1) is 23.9. The highest BCUT2D eigenvalue weighted by Gasteiger charge is 2.46. The molecule has 2 aromatic rings. The fraction of sp³-hybridized carbons (Fsp3) is 0.522. The van der Waals surface area contributed by atoms with E-state index in [9.17, 15) is 9.59 Å². The molecule has 178 valence electrons. The molecule has 8 nitrogen and oxygen atoms in total. The number of amides is 2. The Labute approximate surface area is 202 Å². The highest BCUT2D eigenvalue weighted by Crippen LogP contribution is 2.44. The zero-order valence-electron chi connectivity index (χ0n) is 19.0. The molecule has 1 aliphatic carbocycles. The van der Waals surface area contributed by atoms with Crippen molar-refractivity contribution < 1.29 is 23.8 Å². The van der Waals surface area contributed by atoms with Crippen molar-refractivity contribution in [1.82, 2.24) is 9.88 Å². The van der Waals surface area contributed by atoms with E-state index in [4.69, 9.17) is 26.4 Å². The predicted molar refractivity (Wildman–Crippen MR) is 129 cm³/mol. The van der Waals surface area contributed by atoms with E-state index < -0.39 is 0 Å². The standard InChI is InChI=1S/C23H29N3O5S2/c1-4-30-17-10-15-16(11-18(17)31-5-2)26-20(25-21(15)27)19(33-23(26)32)22(28)24-12-13-6-8-14(29-3)9-7-13/h6-9,15-18H,4-5,10-12H2,1-3H3,(H,24,28)(H,25,27). The average molecular weight is 492 g/mol. The van der Waals surface area contributed by atoms with Crippen molar-refractivity contribution in [2.45, 2.75) is 51.5 Å². The molecular formula is C23H29N3O5S2. The summed E-state index contributed by atoms with van der Waals surface area (Å²) in [4.78, 5) is 26.5.